The first-order valence-corrected chi connectivity index (χ1v) is 7.66. The monoisotopic (exact) mass is 265 g/mol. The zero-order valence-corrected chi connectivity index (χ0v) is 12.1. The van der Waals surface area contributed by atoms with E-state index in [1.807, 2.05) is 11.8 Å². The van der Waals surface area contributed by atoms with Crippen molar-refractivity contribution in [2.24, 2.45) is 5.92 Å². The summed E-state index contributed by atoms with van der Waals surface area (Å²) in [7, 11) is 0. The molecule has 2 rings (SSSR count). The molecule has 1 aromatic carbocycles. The molecule has 0 spiro atoms. The van der Waals surface area contributed by atoms with E-state index in [4.69, 9.17) is 4.74 Å². The Hall–Kier alpha value is -0.510. The van der Waals surface area contributed by atoms with E-state index >= 15 is 0 Å². The Bertz CT molecular complexity index is 344. The van der Waals surface area contributed by atoms with Gasteiger partial charge in [-0.05, 0) is 36.6 Å². The first-order valence-electron chi connectivity index (χ1n) is 6.78. The molecule has 0 bridgehead atoms. The topological polar surface area (TPSA) is 21.3 Å². The van der Waals surface area contributed by atoms with Crippen LogP contribution in [0.4, 0.5) is 0 Å². The highest BCUT2D eigenvalue weighted by Gasteiger charge is 2.16. The molecule has 1 N–H and O–H groups in total. The molecule has 18 heavy (non-hydrogen) atoms. The second kappa shape index (κ2) is 7.17. The van der Waals surface area contributed by atoms with Gasteiger partial charge in [-0.3, -0.25) is 0 Å². The van der Waals surface area contributed by atoms with E-state index in [-0.39, 0.29) is 0 Å². The number of benzene rings is 1. The van der Waals surface area contributed by atoms with Gasteiger partial charge in [-0.15, -0.1) is 11.8 Å². The van der Waals surface area contributed by atoms with E-state index in [0.29, 0.717) is 11.2 Å². The van der Waals surface area contributed by atoms with Crippen LogP contribution in [-0.2, 0) is 11.3 Å². The molecule has 0 saturated carbocycles. The summed E-state index contributed by atoms with van der Waals surface area (Å²) in [6, 6.07) is 8.92. The van der Waals surface area contributed by atoms with E-state index in [1.54, 1.807) is 0 Å². The highest BCUT2D eigenvalue weighted by Crippen LogP contribution is 2.28. The van der Waals surface area contributed by atoms with Gasteiger partial charge >= 0.3 is 0 Å². The molecule has 1 aliphatic heterocycles. The largest absolute Gasteiger partial charge is 0.380 e. The van der Waals surface area contributed by atoms with Crippen molar-refractivity contribution in [3.63, 3.8) is 0 Å². The Morgan fingerprint density at radius 2 is 2.11 bits per heavy atom. The van der Waals surface area contributed by atoms with Crippen molar-refractivity contribution in [1.29, 1.82) is 0 Å². The van der Waals surface area contributed by atoms with Crippen LogP contribution >= 0.6 is 11.8 Å². The lowest BCUT2D eigenvalue weighted by atomic mass is 10.2. The van der Waals surface area contributed by atoms with Crippen LogP contribution in [0.2, 0.25) is 0 Å². The minimum Gasteiger partial charge on any atom is -0.380 e. The van der Waals surface area contributed by atoms with Gasteiger partial charge in [0.05, 0.1) is 6.61 Å². The lowest BCUT2D eigenvalue weighted by Crippen LogP contribution is -2.18. The van der Waals surface area contributed by atoms with Crippen LogP contribution in [0.5, 0.6) is 0 Å². The summed E-state index contributed by atoms with van der Waals surface area (Å²) in [4.78, 5) is 1.36. The van der Waals surface area contributed by atoms with Crippen molar-refractivity contribution in [2.45, 2.75) is 37.0 Å². The fourth-order valence-corrected chi connectivity index (χ4v) is 3.05. The fraction of sp³-hybridized carbons (Fsp3) is 0.600. The third-order valence-electron chi connectivity index (χ3n) is 3.00. The molecule has 100 valence electrons. The molecule has 1 aromatic rings. The summed E-state index contributed by atoms with van der Waals surface area (Å²) < 4.78 is 5.40. The first-order chi connectivity index (χ1) is 8.74. The number of nitrogens with one attached hydrogen (secondary N) is 1. The Labute approximate surface area is 114 Å². The van der Waals surface area contributed by atoms with Gasteiger partial charge in [0.15, 0.2) is 0 Å². The van der Waals surface area contributed by atoms with Gasteiger partial charge in [0, 0.05) is 23.3 Å². The molecule has 0 amide bonds. The minimum atomic E-state index is 0.648. The van der Waals surface area contributed by atoms with Crippen LogP contribution in [0.1, 0.15) is 25.8 Å². The molecule has 0 radical (unpaired) electrons. The maximum Gasteiger partial charge on any atom is 0.0589 e. The van der Waals surface area contributed by atoms with Crippen LogP contribution in [0.15, 0.2) is 29.2 Å². The lowest BCUT2D eigenvalue weighted by molar-refractivity contribution is 0.199. The zero-order chi connectivity index (χ0) is 12.8. The van der Waals surface area contributed by atoms with E-state index < -0.39 is 0 Å². The van der Waals surface area contributed by atoms with Crippen LogP contribution in [-0.4, -0.2) is 25.0 Å². The number of hydrogen-bond acceptors (Lipinski definition) is 3. The normalized spacial score (nSPS) is 19.6. The molecule has 0 aromatic heterocycles. The summed E-state index contributed by atoms with van der Waals surface area (Å²) in [6.07, 6.45) is 1.18. The van der Waals surface area contributed by atoms with Gasteiger partial charge in [0.1, 0.15) is 0 Å². The number of ether oxygens (including phenoxy) is 1. The second-order valence-electron chi connectivity index (χ2n) is 5.27. The Balaban J connectivity index is 1.77. The third-order valence-corrected chi connectivity index (χ3v) is 4.25. The Morgan fingerprint density at radius 3 is 2.72 bits per heavy atom. The summed E-state index contributed by atoms with van der Waals surface area (Å²) in [5, 5.41) is 4.11. The van der Waals surface area contributed by atoms with Crippen molar-refractivity contribution in [3.05, 3.63) is 29.8 Å². The van der Waals surface area contributed by atoms with Gasteiger partial charge < -0.3 is 10.1 Å². The average Bonchev–Trinajstić information content (AvgIpc) is 2.84. The Morgan fingerprint density at radius 1 is 1.33 bits per heavy atom. The summed E-state index contributed by atoms with van der Waals surface area (Å²) in [6.45, 7) is 8.34. The van der Waals surface area contributed by atoms with E-state index in [1.165, 1.54) is 16.9 Å². The van der Waals surface area contributed by atoms with Gasteiger partial charge in [0.25, 0.3) is 0 Å². The van der Waals surface area contributed by atoms with Crippen LogP contribution < -0.4 is 5.32 Å². The first kappa shape index (κ1) is 13.9. The number of thioether (sulfide) groups is 1. The molecular weight excluding hydrogens is 242 g/mol. The van der Waals surface area contributed by atoms with E-state index in [0.717, 1.165) is 26.3 Å². The molecule has 3 heteroatoms. The average molecular weight is 265 g/mol. The molecular formula is C15H23NOS. The maximum absolute atomic E-state index is 5.40. The maximum atomic E-state index is 5.40. The predicted octanol–water partition coefficient (Wildman–Crippen LogP) is 3.31. The smallest absolute Gasteiger partial charge is 0.0589 e. The quantitative estimate of drug-likeness (QED) is 0.852. The van der Waals surface area contributed by atoms with Gasteiger partial charge in [-0.25, -0.2) is 0 Å². The van der Waals surface area contributed by atoms with Crippen molar-refractivity contribution in [3.8, 4) is 0 Å². The molecule has 1 aliphatic rings. The molecule has 1 atom stereocenters. The molecule has 2 nitrogen and oxygen atoms in total. The number of rotatable bonds is 6. The molecule has 1 unspecified atom stereocenters. The minimum absolute atomic E-state index is 0.648. The van der Waals surface area contributed by atoms with E-state index in [2.05, 4.69) is 43.4 Å². The van der Waals surface area contributed by atoms with Crippen molar-refractivity contribution < 1.29 is 4.74 Å². The standard InChI is InChI=1S/C15H23NOS/c1-12(2)9-16-10-13-3-5-14(6-4-13)18-15-7-8-17-11-15/h3-6,12,15-16H,7-11H2,1-2H3. The van der Waals surface area contributed by atoms with Gasteiger partial charge in [-0.1, -0.05) is 26.0 Å². The van der Waals surface area contributed by atoms with Crippen LogP contribution in [0.25, 0.3) is 0 Å². The lowest BCUT2D eigenvalue weighted by Gasteiger charge is -2.09. The van der Waals surface area contributed by atoms with Crippen molar-refractivity contribution >= 4 is 11.8 Å². The highest BCUT2D eigenvalue weighted by atomic mass is 32.2. The third kappa shape index (κ3) is 4.63. The predicted molar refractivity (Wildman–Crippen MR) is 78.1 cm³/mol. The SMILES string of the molecule is CC(C)CNCc1ccc(SC2CCOC2)cc1. The van der Waals surface area contributed by atoms with Crippen molar-refractivity contribution in [1.82, 2.24) is 5.32 Å². The second-order valence-corrected chi connectivity index (χ2v) is 6.65. The summed E-state index contributed by atoms with van der Waals surface area (Å²) >= 11 is 1.94. The fourth-order valence-electron chi connectivity index (χ4n) is 1.99. The van der Waals surface area contributed by atoms with Crippen LogP contribution in [0.3, 0.4) is 0 Å². The zero-order valence-electron chi connectivity index (χ0n) is 11.3. The molecule has 1 saturated heterocycles. The highest BCUT2D eigenvalue weighted by molar-refractivity contribution is 8.00. The molecule has 1 fully saturated rings. The van der Waals surface area contributed by atoms with Gasteiger partial charge in [-0.2, -0.15) is 0 Å². The molecule has 0 aliphatic carbocycles. The molecule has 1 heterocycles. The number of hydrogen-bond donors (Lipinski definition) is 1. The van der Waals surface area contributed by atoms with E-state index in [9.17, 15) is 0 Å². The summed E-state index contributed by atoms with van der Waals surface area (Å²) in [5.74, 6) is 0.710. The van der Waals surface area contributed by atoms with Crippen molar-refractivity contribution in [2.75, 3.05) is 19.8 Å². The van der Waals surface area contributed by atoms with Crippen LogP contribution in [0, 0.1) is 5.92 Å². The Kier molecular flexibility index (Phi) is 5.54. The van der Waals surface area contributed by atoms with Gasteiger partial charge in [0.2, 0.25) is 0 Å². The summed E-state index contributed by atoms with van der Waals surface area (Å²) in [5.41, 5.74) is 1.36.